The summed E-state index contributed by atoms with van der Waals surface area (Å²) >= 11 is 0. The number of nitrogen functional groups attached to an aromatic ring is 1. The average molecular weight is 230 g/mol. The van der Waals surface area contributed by atoms with E-state index in [1.165, 1.54) is 0 Å². The molecule has 2 aromatic rings. The molecular weight excluding hydrogens is 216 g/mol. The number of rotatable bonds is 2. The summed E-state index contributed by atoms with van der Waals surface area (Å²) in [5.74, 6) is 1.26. The molecule has 1 unspecified atom stereocenters. The van der Waals surface area contributed by atoms with Crippen LogP contribution in [0.3, 0.4) is 0 Å². The first-order valence-electron chi connectivity index (χ1n) is 5.67. The summed E-state index contributed by atoms with van der Waals surface area (Å²) in [6, 6.07) is 6.01. The molecule has 1 aromatic carbocycles. The maximum absolute atomic E-state index is 5.86. The molecule has 5 heteroatoms. The second-order valence-electron chi connectivity index (χ2n) is 4.32. The summed E-state index contributed by atoms with van der Waals surface area (Å²) in [4.78, 5) is 4.38. The number of aryl methyl sites for hydroxylation is 1. The van der Waals surface area contributed by atoms with Gasteiger partial charge in [-0.25, -0.2) is 0 Å². The highest BCUT2D eigenvalue weighted by molar-refractivity contribution is 5.63. The molecule has 0 bridgehead atoms. The maximum atomic E-state index is 5.86. The highest BCUT2D eigenvalue weighted by atomic mass is 16.5. The molecule has 88 valence electrons. The molecular formula is C12H14N4O. The molecule has 1 fully saturated rings. The Hall–Kier alpha value is -1.88. The quantitative estimate of drug-likeness (QED) is 0.767. The van der Waals surface area contributed by atoms with Gasteiger partial charge in [0.25, 0.3) is 0 Å². The highest BCUT2D eigenvalue weighted by Crippen LogP contribution is 2.25. The number of nitrogens with two attached hydrogens (primary N) is 1. The number of nitrogens with one attached hydrogen (secondary N) is 1. The minimum absolute atomic E-state index is 0.221. The lowest BCUT2D eigenvalue weighted by Crippen LogP contribution is -2.35. The molecule has 0 aliphatic carbocycles. The van der Waals surface area contributed by atoms with E-state index >= 15 is 0 Å². The van der Waals surface area contributed by atoms with Crippen molar-refractivity contribution in [2.24, 2.45) is 0 Å². The van der Waals surface area contributed by atoms with Crippen molar-refractivity contribution in [2.75, 3.05) is 12.3 Å². The molecule has 1 aliphatic rings. The van der Waals surface area contributed by atoms with Crippen molar-refractivity contribution in [3.8, 4) is 11.4 Å². The SMILES string of the molecule is Cc1ccc(-c2noc(C3CCN3)n2)cc1N. The van der Waals surface area contributed by atoms with Gasteiger partial charge >= 0.3 is 0 Å². The molecule has 1 aromatic heterocycles. The van der Waals surface area contributed by atoms with Crippen LogP contribution in [-0.4, -0.2) is 16.7 Å². The van der Waals surface area contributed by atoms with E-state index in [1.807, 2.05) is 25.1 Å². The Balaban J connectivity index is 1.92. The summed E-state index contributed by atoms with van der Waals surface area (Å²) in [7, 11) is 0. The first-order chi connectivity index (χ1) is 8.24. The lowest BCUT2D eigenvalue weighted by molar-refractivity contribution is 0.273. The summed E-state index contributed by atoms with van der Waals surface area (Å²) in [6.45, 7) is 2.99. The third kappa shape index (κ3) is 1.78. The van der Waals surface area contributed by atoms with E-state index in [4.69, 9.17) is 10.3 Å². The largest absolute Gasteiger partial charge is 0.398 e. The van der Waals surface area contributed by atoms with E-state index < -0.39 is 0 Å². The Morgan fingerprint density at radius 1 is 1.47 bits per heavy atom. The fourth-order valence-corrected chi connectivity index (χ4v) is 1.77. The van der Waals surface area contributed by atoms with Gasteiger partial charge in [0, 0.05) is 11.3 Å². The standard InChI is InChI=1S/C12H14N4O/c1-7-2-3-8(6-9(7)13)11-15-12(17-16-11)10-4-5-14-10/h2-3,6,10,14H,4-5,13H2,1H3. The second-order valence-corrected chi connectivity index (χ2v) is 4.32. The van der Waals surface area contributed by atoms with E-state index in [9.17, 15) is 0 Å². The van der Waals surface area contributed by atoms with E-state index in [0.29, 0.717) is 11.7 Å². The summed E-state index contributed by atoms with van der Waals surface area (Å²) in [5, 5.41) is 7.20. The molecule has 0 saturated carbocycles. The van der Waals surface area contributed by atoms with Gasteiger partial charge in [0.05, 0.1) is 6.04 Å². The first kappa shape index (κ1) is 10.3. The fraction of sp³-hybridized carbons (Fsp3) is 0.333. The van der Waals surface area contributed by atoms with Crippen molar-refractivity contribution >= 4 is 5.69 Å². The molecule has 1 saturated heterocycles. The second kappa shape index (κ2) is 3.85. The first-order valence-corrected chi connectivity index (χ1v) is 5.67. The monoisotopic (exact) mass is 230 g/mol. The Bertz CT molecular complexity index is 545. The summed E-state index contributed by atoms with van der Waals surface area (Å²) < 4.78 is 5.23. The van der Waals surface area contributed by atoms with Crippen molar-refractivity contribution in [3.63, 3.8) is 0 Å². The normalized spacial score (nSPS) is 19.0. The third-order valence-corrected chi connectivity index (χ3v) is 3.10. The summed E-state index contributed by atoms with van der Waals surface area (Å²) in [5.41, 5.74) is 8.55. The van der Waals surface area contributed by atoms with Crippen LogP contribution < -0.4 is 11.1 Å². The molecule has 17 heavy (non-hydrogen) atoms. The molecule has 0 spiro atoms. The van der Waals surface area contributed by atoms with Gasteiger partial charge in [0.1, 0.15) is 0 Å². The van der Waals surface area contributed by atoms with E-state index in [2.05, 4.69) is 15.5 Å². The molecule has 1 atom stereocenters. The minimum atomic E-state index is 0.221. The van der Waals surface area contributed by atoms with Crippen molar-refractivity contribution in [1.82, 2.24) is 15.5 Å². The predicted molar refractivity (Wildman–Crippen MR) is 64.2 cm³/mol. The zero-order valence-electron chi connectivity index (χ0n) is 9.60. The smallest absolute Gasteiger partial charge is 0.244 e. The van der Waals surface area contributed by atoms with Gasteiger partial charge < -0.3 is 15.6 Å². The molecule has 1 aliphatic heterocycles. The van der Waals surface area contributed by atoms with Crippen LogP contribution in [0.2, 0.25) is 0 Å². The Kier molecular flexibility index (Phi) is 2.33. The number of benzene rings is 1. The predicted octanol–water partition coefficient (Wildman–Crippen LogP) is 1.66. The molecule has 3 N–H and O–H groups in total. The van der Waals surface area contributed by atoms with Gasteiger partial charge in [0.2, 0.25) is 11.7 Å². The van der Waals surface area contributed by atoms with Crippen molar-refractivity contribution < 1.29 is 4.52 Å². The molecule has 0 amide bonds. The van der Waals surface area contributed by atoms with Gasteiger partial charge in [-0.05, 0) is 31.5 Å². The van der Waals surface area contributed by atoms with Crippen LogP contribution in [0.1, 0.15) is 23.9 Å². The minimum Gasteiger partial charge on any atom is -0.398 e. The van der Waals surface area contributed by atoms with Gasteiger partial charge in [-0.1, -0.05) is 17.3 Å². The Morgan fingerprint density at radius 3 is 2.94 bits per heavy atom. The number of aromatic nitrogens is 2. The lowest BCUT2D eigenvalue weighted by Gasteiger charge is -2.23. The summed E-state index contributed by atoms with van der Waals surface area (Å²) in [6.07, 6.45) is 1.05. The highest BCUT2D eigenvalue weighted by Gasteiger charge is 2.24. The maximum Gasteiger partial charge on any atom is 0.244 e. The Morgan fingerprint density at radius 2 is 2.29 bits per heavy atom. The van der Waals surface area contributed by atoms with Gasteiger partial charge in [-0.3, -0.25) is 0 Å². The van der Waals surface area contributed by atoms with E-state index in [-0.39, 0.29) is 6.04 Å². The fourth-order valence-electron chi connectivity index (χ4n) is 1.77. The number of hydrogen-bond acceptors (Lipinski definition) is 5. The van der Waals surface area contributed by atoms with Crippen molar-refractivity contribution in [2.45, 2.75) is 19.4 Å². The number of anilines is 1. The van der Waals surface area contributed by atoms with Gasteiger partial charge in [0.15, 0.2) is 0 Å². The molecule has 3 rings (SSSR count). The lowest BCUT2D eigenvalue weighted by atomic mass is 10.1. The molecule has 2 heterocycles. The number of nitrogens with zero attached hydrogens (tertiary/aromatic N) is 2. The number of hydrogen-bond donors (Lipinski definition) is 2. The van der Waals surface area contributed by atoms with E-state index in [1.54, 1.807) is 0 Å². The topological polar surface area (TPSA) is 77.0 Å². The van der Waals surface area contributed by atoms with Gasteiger partial charge in [-0.2, -0.15) is 4.98 Å². The van der Waals surface area contributed by atoms with Crippen LogP contribution in [-0.2, 0) is 0 Å². The van der Waals surface area contributed by atoms with Crippen LogP contribution in [0.25, 0.3) is 11.4 Å². The zero-order chi connectivity index (χ0) is 11.8. The van der Waals surface area contributed by atoms with Crippen LogP contribution in [0, 0.1) is 6.92 Å². The van der Waals surface area contributed by atoms with E-state index in [0.717, 1.165) is 29.8 Å². The Labute approximate surface area is 99.0 Å². The molecule has 5 nitrogen and oxygen atoms in total. The van der Waals surface area contributed by atoms with Crippen molar-refractivity contribution in [1.29, 1.82) is 0 Å². The van der Waals surface area contributed by atoms with Crippen molar-refractivity contribution in [3.05, 3.63) is 29.7 Å². The van der Waals surface area contributed by atoms with Crippen LogP contribution in [0.4, 0.5) is 5.69 Å². The van der Waals surface area contributed by atoms with Crippen LogP contribution in [0.5, 0.6) is 0 Å². The molecule has 0 radical (unpaired) electrons. The van der Waals surface area contributed by atoms with Crippen LogP contribution in [0.15, 0.2) is 22.7 Å². The third-order valence-electron chi connectivity index (χ3n) is 3.10. The van der Waals surface area contributed by atoms with Gasteiger partial charge in [-0.15, -0.1) is 0 Å². The van der Waals surface area contributed by atoms with Crippen LogP contribution >= 0.6 is 0 Å². The average Bonchev–Trinajstić information content (AvgIpc) is 2.69. The zero-order valence-corrected chi connectivity index (χ0v) is 9.60.